The van der Waals surface area contributed by atoms with E-state index in [2.05, 4.69) is 60.8 Å². The number of hydrogen-bond donors (Lipinski definition) is 0. The fraction of sp³-hybridized carbons (Fsp3) is 0.700. The maximum atomic E-state index is 11.6. The molecule has 0 amide bonds. The molecule has 0 aromatic heterocycles. The van der Waals surface area contributed by atoms with E-state index in [9.17, 15) is 4.79 Å². The highest BCUT2D eigenvalue weighted by Crippen LogP contribution is 2.54. The first-order valence-electron chi connectivity index (χ1n) is 12.7. The van der Waals surface area contributed by atoms with E-state index in [0.717, 1.165) is 24.7 Å². The molecule has 1 heteroatoms. The third-order valence-electron chi connectivity index (χ3n) is 9.73. The van der Waals surface area contributed by atoms with Crippen molar-refractivity contribution in [3.63, 3.8) is 0 Å². The predicted octanol–water partition coefficient (Wildman–Crippen LogP) is 8.63. The third kappa shape index (κ3) is 4.86. The van der Waals surface area contributed by atoms with Crippen LogP contribution >= 0.6 is 0 Å². The minimum Gasteiger partial charge on any atom is -0.295 e. The largest absolute Gasteiger partial charge is 0.295 e. The Morgan fingerprint density at radius 2 is 1.39 bits per heavy atom. The number of fused-ring (bicyclic) bond motifs is 2. The van der Waals surface area contributed by atoms with E-state index in [1.807, 2.05) is 6.08 Å². The summed E-state index contributed by atoms with van der Waals surface area (Å²) in [5.74, 6) is 3.10. The molecular formula is C30H46O. The van der Waals surface area contributed by atoms with Crippen molar-refractivity contribution >= 4 is 5.78 Å². The second-order valence-corrected chi connectivity index (χ2v) is 11.9. The smallest absolute Gasteiger partial charge is 0.155 e. The van der Waals surface area contributed by atoms with E-state index in [1.54, 1.807) is 5.57 Å². The Morgan fingerprint density at radius 1 is 0.871 bits per heavy atom. The van der Waals surface area contributed by atoms with Gasteiger partial charge in [0.1, 0.15) is 0 Å². The quantitative estimate of drug-likeness (QED) is 0.407. The molecule has 4 aliphatic carbocycles. The summed E-state index contributed by atoms with van der Waals surface area (Å²) >= 11 is 0. The third-order valence-corrected chi connectivity index (χ3v) is 9.73. The highest BCUT2D eigenvalue weighted by molar-refractivity contribution is 5.92. The van der Waals surface area contributed by atoms with E-state index in [1.165, 1.54) is 61.7 Å². The Hall–Kier alpha value is -1.37. The molecule has 0 bridgehead atoms. The SMILES string of the molecule is C=C(C)[C@@H]1CCC2=CC(=O)C[C@@H](C)[C@]2(C)C1.C=C(C)[C@@H]1CCC2=CCC[C@@H](C)[C@]2(C)C1. The molecular weight excluding hydrogens is 376 g/mol. The summed E-state index contributed by atoms with van der Waals surface area (Å²) in [5.41, 5.74) is 6.58. The molecule has 2 fully saturated rings. The summed E-state index contributed by atoms with van der Waals surface area (Å²) in [7, 11) is 0. The molecule has 0 aromatic rings. The zero-order valence-electron chi connectivity index (χ0n) is 21.2. The Morgan fingerprint density at radius 3 is 1.94 bits per heavy atom. The van der Waals surface area contributed by atoms with Crippen molar-refractivity contribution in [2.24, 2.45) is 34.5 Å². The minimum absolute atomic E-state index is 0.246. The standard InChI is InChI=1S/C15H22O.C15H24/c1-10(2)12-5-6-13-8-14(16)7-11(3)15(13,4)9-12;1-11(2)13-8-9-14-7-5-6-12(3)15(14,4)10-13/h8,11-12H,1,5-7,9H2,2-4H3;7,12-13H,1,5-6,8-10H2,2-4H3/t11-,12-,15+;12-,13-,15+/m11/s1. The van der Waals surface area contributed by atoms with Crippen molar-refractivity contribution < 1.29 is 4.79 Å². The summed E-state index contributed by atoms with van der Waals surface area (Å²) in [6.07, 6.45) is 15.3. The van der Waals surface area contributed by atoms with Crippen molar-refractivity contribution in [3.8, 4) is 0 Å². The average Bonchev–Trinajstić information content (AvgIpc) is 2.69. The van der Waals surface area contributed by atoms with Crippen molar-refractivity contribution in [1.29, 1.82) is 0 Å². The first-order chi connectivity index (χ1) is 14.5. The molecule has 0 aromatic carbocycles. The number of rotatable bonds is 2. The van der Waals surface area contributed by atoms with Gasteiger partial charge in [-0.25, -0.2) is 0 Å². The van der Waals surface area contributed by atoms with Crippen molar-refractivity contribution in [2.45, 2.75) is 99.3 Å². The molecule has 4 rings (SSSR count). The number of ketones is 1. The van der Waals surface area contributed by atoms with Gasteiger partial charge >= 0.3 is 0 Å². The minimum atomic E-state index is 0.246. The van der Waals surface area contributed by atoms with Gasteiger partial charge in [0.25, 0.3) is 0 Å². The van der Waals surface area contributed by atoms with Crippen LogP contribution in [0.3, 0.4) is 0 Å². The number of carbonyl (C=O) groups excluding carboxylic acids is 1. The summed E-state index contributed by atoms with van der Waals surface area (Å²) in [6, 6.07) is 0. The van der Waals surface area contributed by atoms with Gasteiger partial charge < -0.3 is 0 Å². The van der Waals surface area contributed by atoms with Gasteiger partial charge in [-0.05, 0) is 106 Å². The molecule has 0 saturated heterocycles. The number of allylic oxidation sites excluding steroid dienone is 6. The van der Waals surface area contributed by atoms with Crippen LogP contribution in [0.5, 0.6) is 0 Å². The average molecular weight is 423 g/mol. The lowest BCUT2D eigenvalue weighted by Crippen LogP contribution is -2.38. The maximum Gasteiger partial charge on any atom is 0.155 e. The highest BCUT2D eigenvalue weighted by atomic mass is 16.1. The van der Waals surface area contributed by atoms with Crippen LogP contribution in [0.2, 0.25) is 0 Å². The second-order valence-electron chi connectivity index (χ2n) is 11.9. The highest BCUT2D eigenvalue weighted by Gasteiger charge is 2.43. The van der Waals surface area contributed by atoms with E-state index < -0.39 is 0 Å². The van der Waals surface area contributed by atoms with E-state index in [0.29, 0.717) is 23.0 Å². The monoisotopic (exact) mass is 422 g/mol. The van der Waals surface area contributed by atoms with Crippen molar-refractivity contribution in [3.05, 3.63) is 47.6 Å². The molecule has 0 radical (unpaired) electrons. The molecule has 172 valence electrons. The van der Waals surface area contributed by atoms with Gasteiger partial charge in [0, 0.05) is 6.42 Å². The van der Waals surface area contributed by atoms with Gasteiger partial charge in [-0.3, -0.25) is 4.79 Å². The van der Waals surface area contributed by atoms with Gasteiger partial charge in [0.15, 0.2) is 5.78 Å². The molecule has 0 N–H and O–H groups in total. The van der Waals surface area contributed by atoms with Gasteiger partial charge in [-0.15, -0.1) is 0 Å². The van der Waals surface area contributed by atoms with Crippen LogP contribution in [-0.2, 0) is 4.79 Å². The molecule has 0 heterocycles. The van der Waals surface area contributed by atoms with E-state index in [-0.39, 0.29) is 5.41 Å². The first kappa shape index (κ1) is 24.3. The second kappa shape index (κ2) is 9.24. The van der Waals surface area contributed by atoms with Crippen LogP contribution in [0.25, 0.3) is 0 Å². The molecule has 1 nitrogen and oxygen atoms in total. The van der Waals surface area contributed by atoms with Crippen LogP contribution in [-0.4, -0.2) is 5.78 Å². The lowest BCUT2D eigenvalue weighted by Gasteiger charge is -2.47. The van der Waals surface area contributed by atoms with Crippen LogP contribution < -0.4 is 0 Å². The fourth-order valence-electron chi connectivity index (χ4n) is 6.78. The van der Waals surface area contributed by atoms with Crippen LogP contribution in [0, 0.1) is 34.5 Å². The van der Waals surface area contributed by atoms with Crippen LogP contribution in [0.1, 0.15) is 99.3 Å². The number of carbonyl (C=O) groups is 1. The number of hydrogen-bond acceptors (Lipinski definition) is 1. The lowest BCUT2D eigenvalue weighted by atomic mass is 9.57. The zero-order valence-corrected chi connectivity index (χ0v) is 21.2. The Balaban J connectivity index is 0.000000176. The molecule has 31 heavy (non-hydrogen) atoms. The topological polar surface area (TPSA) is 17.1 Å². The molecule has 0 spiro atoms. The van der Waals surface area contributed by atoms with Crippen LogP contribution in [0.4, 0.5) is 0 Å². The molecule has 4 aliphatic rings. The molecule has 0 unspecified atom stereocenters. The van der Waals surface area contributed by atoms with Crippen molar-refractivity contribution in [2.75, 3.05) is 0 Å². The molecule has 6 atom stereocenters. The normalized spacial score (nSPS) is 39.7. The van der Waals surface area contributed by atoms with Crippen LogP contribution in [0.15, 0.2) is 47.6 Å². The Labute approximate surface area is 192 Å². The van der Waals surface area contributed by atoms with E-state index >= 15 is 0 Å². The lowest BCUT2D eigenvalue weighted by molar-refractivity contribution is -0.117. The zero-order chi connectivity index (χ0) is 23.0. The summed E-state index contributed by atoms with van der Waals surface area (Å²) in [6.45, 7) is 22.1. The van der Waals surface area contributed by atoms with Gasteiger partial charge in [-0.2, -0.15) is 0 Å². The maximum absolute atomic E-state index is 11.6. The fourth-order valence-corrected chi connectivity index (χ4v) is 6.78. The summed E-state index contributed by atoms with van der Waals surface area (Å²) < 4.78 is 0. The Kier molecular flexibility index (Phi) is 7.24. The molecule has 0 aliphatic heterocycles. The van der Waals surface area contributed by atoms with E-state index in [4.69, 9.17) is 0 Å². The van der Waals surface area contributed by atoms with Crippen molar-refractivity contribution in [1.82, 2.24) is 0 Å². The summed E-state index contributed by atoms with van der Waals surface area (Å²) in [5, 5.41) is 0. The van der Waals surface area contributed by atoms with Gasteiger partial charge in [0.2, 0.25) is 0 Å². The predicted molar refractivity (Wildman–Crippen MR) is 134 cm³/mol. The molecule has 2 saturated carbocycles. The Bertz CT molecular complexity index is 795. The van der Waals surface area contributed by atoms with Gasteiger partial charge in [-0.1, -0.05) is 69.2 Å². The first-order valence-corrected chi connectivity index (χ1v) is 12.7. The van der Waals surface area contributed by atoms with Gasteiger partial charge in [0.05, 0.1) is 0 Å². The summed E-state index contributed by atoms with van der Waals surface area (Å²) in [4.78, 5) is 11.6.